The Morgan fingerprint density at radius 2 is 1.33 bits per heavy atom. The van der Waals surface area contributed by atoms with Gasteiger partial charge in [-0.25, -0.2) is 0 Å². The summed E-state index contributed by atoms with van der Waals surface area (Å²) in [6, 6.07) is 25.0. The summed E-state index contributed by atoms with van der Waals surface area (Å²) in [6.45, 7) is 9.01. The Labute approximate surface area is 238 Å². The van der Waals surface area contributed by atoms with Crippen molar-refractivity contribution in [1.29, 1.82) is 0 Å². The summed E-state index contributed by atoms with van der Waals surface area (Å²) in [6.07, 6.45) is 5.70. The normalized spacial score (nSPS) is 19.5. The highest BCUT2D eigenvalue weighted by Crippen LogP contribution is 2.43. The summed E-state index contributed by atoms with van der Waals surface area (Å²) < 4.78 is 0. The van der Waals surface area contributed by atoms with Crippen LogP contribution in [0.3, 0.4) is 0 Å². The number of likely N-dealkylation sites (tertiary alicyclic amines) is 1. The van der Waals surface area contributed by atoms with Gasteiger partial charge < -0.3 is 20.4 Å². The molecule has 2 aromatic carbocycles. The minimum atomic E-state index is -0.802. The first-order valence-electron chi connectivity index (χ1n) is 14.7. The van der Waals surface area contributed by atoms with Crippen LogP contribution in [0.15, 0.2) is 72.8 Å². The van der Waals surface area contributed by atoms with E-state index in [1.165, 1.54) is 55.3 Å². The second kappa shape index (κ2) is 13.2. The molecule has 0 aliphatic carbocycles. The molecule has 3 heterocycles. The van der Waals surface area contributed by atoms with Crippen LogP contribution in [0.5, 0.6) is 0 Å². The number of likely N-dealkylation sites (N-methyl/N-ethyl adjacent to an activating group) is 1. The smallest absolute Gasteiger partial charge is 0.232 e. The fourth-order valence-electron chi connectivity index (χ4n) is 6.63. The molecule has 208 valence electrons. The van der Waals surface area contributed by atoms with Crippen LogP contribution in [0.25, 0.3) is 0 Å². The molecule has 0 spiro atoms. The average molecular weight is 545 g/mol. The number of carbonyl (C=O) groups excluding carboxylic acids is 1. The lowest BCUT2D eigenvalue weighted by Gasteiger charge is -2.37. The highest BCUT2D eigenvalue weighted by atomic mass is 32.1. The number of hydrogen-bond acceptors (Lipinski definition) is 5. The molecule has 1 aromatic heterocycles. The number of piperazine rings is 1. The van der Waals surface area contributed by atoms with Crippen molar-refractivity contribution in [1.82, 2.24) is 14.7 Å². The maximum Gasteiger partial charge on any atom is 0.232 e. The first-order valence-corrected chi connectivity index (χ1v) is 15.5. The number of nitrogens with zero attached hydrogens (tertiary/aromatic N) is 3. The first kappa shape index (κ1) is 28.0. The number of primary amides is 1. The lowest BCUT2D eigenvalue weighted by atomic mass is 9.64. The number of carbonyl (C=O) groups is 1. The van der Waals surface area contributed by atoms with Gasteiger partial charge in [-0.1, -0.05) is 60.7 Å². The summed E-state index contributed by atoms with van der Waals surface area (Å²) in [5.74, 6) is -0.0843. The molecule has 0 saturated carbocycles. The largest absolute Gasteiger partial charge is 0.369 e. The van der Waals surface area contributed by atoms with Crippen molar-refractivity contribution in [2.75, 3.05) is 59.4 Å². The molecule has 5 nitrogen and oxygen atoms in total. The predicted octanol–water partition coefficient (Wildman–Crippen LogP) is 4.65. The molecule has 0 bridgehead atoms. The summed E-state index contributed by atoms with van der Waals surface area (Å²) in [5.41, 5.74) is 7.48. The Kier molecular flexibility index (Phi) is 9.51. The molecule has 6 heteroatoms. The molecule has 0 radical (unpaired) electrons. The summed E-state index contributed by atoms with van der Waals surface area (Å²) >= 11 is 2.00. The lowest BCUT2D eigenvalue weighted by molar-refractivity contribution is -0.123. The van der Waals surface area contributed by atoms with E-state index in [1.54, 1.807) is 0 Å². The van der Waals surface area contributed by atoms with E-state index >= 15 is 0 Å². The van der Waals surface area contributed by atoms with Gasteiger partial charge >= 0.3 is 0 Å². The molecule has 3 aromatic rings. The number of nitrogens with two attached hydrogens (primary N) is 1. The van der Waals surface area contributed by atoms with E-state index in [4.69, 9.17) is 5.73 Å². The highest BCUT2D eigenvalue weighted by Gasteiger charge is 2.49. The number of aryl methyl sites for hydroxylation is 2. The van der Waals surface area contributed by atoms with Crippen LogP contribution in [0.2, 0.25) is 0 Å². The van der Waals surface area contributed by atoms with E-state index in [2.05, 4.69) is 58.1 Å². The van der Waals surface area contributed by atoms with Crippen LogP contribution >= 0.6 is 11.3 Å². The van der Waals surface area contributed by atoms with Gasteiger partial charge in [0.1, 0.15) is 5.41 Å². The maximum absolute atomic E-state index is 13.3. The minimum absolute atomic E-state index is 0.161. The van der Waals surface area contributed by atoms with Crippen molar-refractivity contribution in [3.8, 4) is 0 Å². The standard InChI is InChI=1S/C33H44N4OS/c1-35-22-24-36(25-23-35)19-8-14-30-16-17-31(39-30)15-9-20-37-21-18-29(26-37)33(32(34)38,27-10-4-2-5-11-27)28-12-6-3-7-13-28/h2-7,10-13,16-17,29H,8-9,14-15,18-26H2,1H3,(H2,34,38). The zero-order valence-corrected chi connectivity index (χ0v) is 24.2. The Balaban J connectivity index is 1.14. The van der Waals surface area contributed by atoms with Crippen molar-refractivity contribution in [2.45, 2.75) is 37.5 Å². The van der Waals surface area contributed by atoms with E-state index in [-0.39, 0.29) is 11.8 Å². The Hall–Kier alpha value is -2.51. The van der Waals surface area contributed by atoms with Crippen LogP contribution in [0, 0.1) is 5.92 Å². The van der Waals surface area contributed by atoms with E-state index in [1.807, 2.05) is 47.7 Å². The summed E-state index contributed by atoms with van der Waals surface area (Å²) in [7, 11) is 2.22. The zero-order chi connectivity index (χ0) is 27.1. The molecule has 39 heavy (non-hydrogen) atoms. The molecule has 2 saturated heterocycles. The Morgan fingerprint density at radius 3 is 1.87 bits per heavy atom. The fourth-order valence-corrected chi connectivity index (χ4v) is 7.73. The van der Waals surface area contributed by atoms with Gasteiger partial charge in [-0.15, -0.1) is 11.3 Å². The number of amides is 1. The van der Waals surface area contributed by atoms with Gasteiger partial charge in [0.2, 0.25) is 5.91 Å². The second-order valence-electron chi connectivity index (χ2n) is 11.4. The lowest BCUT2D eigenvalue weighted by Crippen LogP contribution is -2.49. The molecule has 5 rings (SSSR count). The maximum atomic E-state index is 13.3. The third-order valence-corrected chi connectivity index (χ3v) is 10.0. The van der Waals surface area contributed by atoms with Gasteiger partial charge in [0, 0.05) is 42.5 Å². The van der Waals surface area contributed by atoms with Crippen LogP contribution in [-0.2, 0) is 23.1 Å². The van der Waals surface area contributed by atoms with Gasteiger partial charge in [-0.3, -0.25) is 4.79 Å². The van der Waals surface area contributed by atoms with E-state index in [0.717, 1.165) is 50.0 Å². The van der Waals surface area contributed by atoms with Crippen LogP contribution in [-0.4, -0.2) is 80.0 Å². The molecular formula is C33H44N4OS. The SMILES string of the molecule is CN1CCN(CCCc2ccc(CCCN3CCC(C(C(N)=O)(c4ccccc4)c4ccccc4)C3)s2)CC1. The third-order valence-electron chi connectivity index (χ3n) is 8.84. The number of rotatable bonds is 12. The van der Waals surface area contributed by atoms with Crippen LogP contribution in [0.4, 0.5) is 0 Å². The van der Waals surface area contributed by atoms with Gasteiger partial charge in [-0.2, -0.15) is 0 Å². The second-order valence-corrected chi connectivity index (χ2v) is 12.7. The highest BCUT2D eigenvalue weighted by molar-refractivity contribution is 7.11. The Bertz CT molecular complexity index is 1130. The molecule has 1 unspecified atom stereocenters. The molecule has 2 fully saturated rings. The van der Waals surface area contributed by atoms with Crippen molar-refractivity contribution in [3.05, 3.63) is 93.7 Å². The van der Waals surface area contributed by atoms with Gasteiger partial charge in [0.25, 0.3) is 0 Å². The fraction of sp³-hybridized carbons (Fsp3) is 0.485. The van der Waals surface area contributed by atoms with Crippen molar-refractivity contribution >= 4 is 17.2 Å². The third kappa shape index (κ3) is 6.63. The molecule has 2 aliphatic heterocycles. The number of hydrogen-bond donors (Lipinski definition) is 1. The van der Waals surface area contributed by atoms with Gasteiger partial charge in [-0.05, 0) is 88.0 Å². The van der Waals surface area contributed by atoms with E-state index in [9.17, 15) is 4.79 Å². The average Bonchev–Trinajstić information content (AvgIpc) is 3.62. The number of benzene rings is 2. The molecular weight excluding hydrogens is 500 g/mol. The predicted molar refractivity (Wildman–Crippen MR) is 162 cm³/mol. The monoisotopic (exact) mass is 544 g/mol. The number of thiophene rings is 1. The van der Waals surface area contributed by atoms with Crippen LogP contribution < -0.4 is 5.73 Å². The molecule has 2 aliphatic rings. The molecule has 2 N–H and O–H groups in total. The molecule has 1 amide bonds. The van der Waals surface area contributed by atoms with Crippen molar-refractivity contribution in [3.63, 3.8) is 0 Å². The van der Waals surface area contributed by atoms with Gasteiger partial charge in [0.05, 0.1) is 0 Å². The summed E-state index contributed by atoms with van der Waals surface area (Å²) in [5, 5.41) is 0. The minimum Gasteiger partial charge on any atom is -0.369 e. The Morgan fingerprint density at radius 1 is 0.795 bits per heavy atom. The molecule has 1 atom stereocenters. The van der Waals surface area contributed by atoms with E-state index < -0.39 is 5.41 Å². The quantitative estimate of drug-likeness (QED) is 0.361. The van der Waals surface area contributed by atoms with E-state index in [0.29, 0.717) is 0 Å². The van der Waals surface area contributed by atoms with Gasteiger partial charge in [0.15, 0.2) is 0 Å². The van der Waals surface area contributed by atoms with Crippen molar-refractivity contribution in [2.24, 2.45) is 11.7 Å². The summed E-state index contributed by atoms with van der Waals surface area (Å²) in [4.78, 5) is 23.9. The first-order chi connectivity index (χ1) is 19.1. The topological polar surface area (TPSA) is 52.8 Å². The van der Waals surface area contributed by atoms with Crippen molar-refractivity contribution < 1.29 is 4.79 Å². The zero-order valence-electron chi connectivity index (χ0n) is 23.4. The van der Waals surface area contributed by atoms with Crippen LogP contribution in [0.1, 0.15) is 40.1 Å².